The molecule has 0 spiro atoms. The van der Waals surface area contributed by atoms with E-state index in [1.54, 1.807) is 19.1 Å². The third-order valence-electron chi connectivity index (χ3n) is 4.20. The Labute approximate surface area is 165 Å². The van der Waals surface area contributed by atoms with Crippen molar-refractivity contribution in [2.24, 2.45) is 17.6 Å². The molecule has 0 aliphatic rings. The van der Waals surface area contributed by atoms with Gasteiger partial charge in [-0.2, -0.15) is 12.6 Å². The van der Waals surface area contributed by atoms with Crippen LogP contribution in [0.1, 0.15) is 38.3 Å². The van der Waals surface area contributed by atoms with Crippen molar-refractivity contribution in [3.63, 3.8) is 0 Å². The third kappa shape index (κ3) is 7.50. The predicted molar refractivity (Wildman–Crippen MR) is 106 cm³/mol. The minimum atomic E-state index is -1.23. The summed E-state index contributed by atoms with van der Waals surface area (Å²) in [6, 6.07) is 3.59. The quantitative estimate of drug-likeness (QED) is 0.305. The summed E-state index contributed by atoms with van der Waals surface area (Å²) in [6.45, 7) is 7.57. The van der Waals surface area contributed by atoms with Crippen molar-refractivity contribution in [1.29, 1.82) is 0 Å². The van der Waals surface area contributed by atoms with Gasteiger partial charge >= 0.3 is 12.1 Å². The number of carbonyl (C=O) groups excluding carboxylic acids is 3. The number of phenols is 1. The number of phenolic OH excluding ortho intramolecular Hbond substituents is 1. The Kier molecular flexibility index (Phi) is 8.62. The molecule has 0 aromatic heterocycles. The first kappa shape index (κ1) is 22.8. The van der Waals surface area contributed by atoms with E-state index < -0.39 is 24.0 Å². The lowest BCUT2D eigenvalue weighted by Crippen LogP contribution is -2.48. The number of primary amides is 1. The molecule has 0 aliphatic heterocycles. The topological polar surface area (TPSA) is 119 Å². The van der Waals surface area contributed by atoms with Crippen molar-refractivity contribution < 1.29 is 24.2 Å². The maximum atomic E-state index is 12.7. The molecule has 27 heavy (non-hydrogen) atoms. The summed E-state index contributed by atoms with van der Waals surface area (Å²) >= 11 is 4.38. The Morgan fingerprint density at radius 3 is 2.37 bits per heavy atom. The summed E-state index contributed by atoms with van der Waals surface area (Å²) in [5.74, 6) is -1.31. The van der Waals surface area contributed by atoms with Crippen molar-refractivity contribution in [3.8, 4) is 5.75 Å². The van der Waals surface area contributed by atoms with Crippen molar-refractivity contribution in [1.82, 2.24) is 5.32 Å². The fourth-order valence-electron chi connectivity index (χ4n) is 2.80. The van der Waals surface area contributed by atoms with E-state index in [0.29, 0.717) is 6.42 Å². The minimum Gasteiger partial charge on any atom is -0.508 e. The van der Waals surface area contributed by atoms with Crippen molar-refractivity contribution in [2.75, 3.05) is 0 Å². The molecular weight excluding hydrogens is 368 g/mol. The summed E-state index contributed by atoms with van der Waals surface area (Å²) in [6.07, 6.45) is -0.533. The van der Waals surface area contributed by atoms with Gasteiger partial charge in [0.05, 0.1) is 0 Å². The first-order chi connectivity index (χ1) is 12.5. The van der Waals surface area contributed by atoms with Crippen LogP contribution in [0.25, 0.3) is 0 Å². The van der Waals surface area contributed by atoms with Crippen LogP contribution in [-0.2, 0) is 20.7 Å². The number of benzene rings is 1. The first-order valence-electron chi connectivity index (χ1n) is 8.79. The van der Waals surface area contributed by atoms with Crippen LogP contribution >= 0.6 is 12.6 Å². The number of aryl methyl sites for hydroxylation is 1. The Bertz CT molecular complexity index is 691. The van der Waals surface area contributed by atoms with Gasteiger partial charge in [0.15, 0.2) is 0 Å². The number of nitrogens with two attached hydrogens (primary N) is 1. The van der Waals surface area contributed by atoms with Gasteiger partial charge in [-0.25, -0.2) is 9.59 Å². The van der Waals surface area contributed by atoms with Gasteiger partial charge in [0.25, 0.3) is 0 Å². The molecule has 1 rings (SSSR count). The average molecular weight is 397 g/mol. The summed E-state index contributed by atoms with van der Waals surface area (Å²) in [5.41, 5.74) is 6.40. The second kappa shape index (κ2) is 10.2. The molecule has 150 valence electrons. The molecule has 8 heteroatoms. The second-order valence-electron chi connectivity index (χ2n) is 7.09. The number of amides is 2. The number of aromatic hydroxyl groups is 1. The molecule has 0 saturated heterocycles. The summed E-state index contributed by atoms with van der Waals surface area (Å²) in [7, 11) is 0. The van der Waals surface area contributed by atoms with Crippen LogP contribution in [0, 0.1) is 18.8 Å². The van der Waals surface area contributed by atoms with Crippen molar-refractivity contribution >= 4 is 30.6 Å². The molecule has 4 N–H and O–H groups in total. The normalized spacial score (nSPS) is 14.3. The number of esters is 1. The molecule has 1 aromatic rings. The van der Waals surface area contributed by atoms with E-state index in [2.05, 4.69) is 22.7 Å². The number of ether oxygens (including phenoxy) is 1. The summed E-state index contributed by atoms with van der Waals surface area (Å²) < 4.78 is 4.49. The zero-order chi connectivity index (χ0) is 20.7. The lowest BCUT2D eigenvalue weighted by molar-refractivity contribution is -0.142. The highest BCUT2D eigenvalue weighted by molar-refractivity contribution is 7.81. The molecule has 1 aromatic carbocycles. The Hall–Kier alpha value is -2.22. The fraction of sp³-hybridized carbons (Fsp3) is 0.526. The zero-order valence-electron chi connectivity index (χ0n) is 16.1. The molecular formula is C19H28N2O5S. The monoisotopic (exact) mass is 396 g/mol. The van der Waals surface area contributed by atoms with Crippen LogP contribution in [0.4, 0.5) is 4.79 Å². The number of thiol groups is 1. The molecule has 7 nitrogen and oxygen atoms in total. The number of hydrogen-bond acceptors (Lipinski definition) is 6. The fourth-order valence-corrected chi connectivity index (χ4v) is 3.06. The van der Waals surface area contributed by atoms with E-state index in [-0.39, 0.29) is 29.2 Å². The highest BCUT2D eigenvalue weighted by Gasteiger charge is 2.30. The van der Waals surface area contributed by atoms with Crippen molar-refractivity contribution in [3.05, 3.63) is 29.3 Å². The maximum Gasteiger partial charge on any atom is 0.412 e. The van der Waals surface area contributed by atoms with Gasteiger partial charge in [-0.05, 0) is 42.5 Å². The number of nitrogens with one attached hydrogen (secondary N) is 1. The van der Waals surface area contributed by atoms with E-state index >= 15 is 0 Å². The Morgan fingerprint density at radius 2 is 1.89 bits per heavy atom. The van der Waals surface area contributed by atoms with E-state index in [1.807, 2.05) is 20.8 Å². The predicted octanol–water partition coefficient (Wildman–Crippen LogP) is 2.33. The molecule has 0 saturated carbocycles. The molecule has 2 unspecified atom stereocenters. The van der Waals surface area contributed by atoms with Gasteiger partial charge in [-0.15, -0.1) is 0 Å². The van der Waals surface area contributed by atoms with Gasteiger partial charge < -0.3 is 20.9 Å². The lowest BCUT2D eigenvalue weighted by atomic mass is 9.92. The maximum absolute atomic E-state index is 12.7. The van der Waals surface area contributed by atoms with Crippen LogP contribution in [0.3, 0.4) is 0 Å². The minimum absolute atomic E-state index is 0.0949. The molecule has 0 aliphatic carbocycles. The van der Waals surface area contributed by atoms with E-state index in [4.69, 9.17) is 5.73 Å². The molecule has 0 heterocycles. The van der Waals surface area contributed by atoms with Gasteiger partial charge in [-0.1, -0.05) is 26.8 Å². The van der Waals surface area contributed by atoms with E-state index in [9.17, 15) is 19.5 Å². The van der Waals surface area contributed by atoms with Gasteiger partial charge in [0, 0.05) is 17.6 Å². The van der Waals surface area contributed by atoms with Crippen LogP contribution in [0.15, 0.2) is 18.2 Å². The van der Waals surface area contributed by atoms with E-state index in [1.165, 1.54) is 6.07 Å². The first-order valence-corrected chi connectivity index (χ1v) is 9.31. The van der Waals surface area contributed by atoms with E-state index in [0.717, 1.165) is 11.1 Å². The zero-order valence-corrected chi connectivity index (χ0v) is 17.0. The molecule has 0 fully saturated rings. The van der Waals surface area contributed by atoms with Gasteiger partial charge in [0.2, 0.25) is 5.91 Å². The highest BCUT2D eigenvalue weighted by Crippen LogP contribution is 2.21. The number of rotatable bonds is 8. The standard InChI is InChI=1S/C19H28N2O5S/c1-10(2)7-15(12(4)27)17(23)21-16(18(24)26-19(20)25)9-13-5-6-14(22)8-11(13)3/h5-6,8,10,12,15-16,22,27H,7,9H2,1-4H3,(H2,20,25)(H,21,23)/t12?,15?,16-/m0/s1. The van der Waals surface area contributed by atoms with Crippen LogP contribution in [0.2, 0.25) is 0 Å². The summed E-state index contributed by atoms with van der Waals surface area (Å²) in [4.78, 5) is 36.0. The highest BCUT2D eigenvalue weighted by atomic mass is 32.1. The smallest absolute Gasteiger partial charge is 0.412 e. The van der Waals surface area contributed by atoms with Gasteiger partial charge in [0.1, 0.15) is 11.8 Å². The largest absolute Gasteiger partial charge is 0.508 e. The molecule has 3 atom stereocenters. The van der Waals surface area contributed by atoms with Crippen LogP contribution in [-0.4, -0.2) is 34.4 Å². The second-order valence-corrected chi connectivity index (χ2v) is 7.91. The Morgan fingerprint density at radius 1 is 1.26 bits per heavy atom. The molecule has 0 radical (unpaired) electrons. The third-order valence-corrected chi connectivity index (χ3v) is 4.56. The average Bonchev–Trinajstić information content (AvgIpc) is 2.52. The van der Waals surface area contributed by atoms with Crippen LogP contribution < -0.4 is 11.1 Å². The number of hydrogen-bond donors (Lipinski definition) is 4. The number of carbonyl (C=O) groups is 3. The Balaban J connectivity index is 3.04. The van der Waals surface area contributed by atoms with Crippen LogP contribution in [0.5, 0.6) is 5.75 Å². The molecule has 2 amide bonds. The lowest BCUT2D eigenvalue weighted by Gasteiger charge is -2.25. The SMILES string of the molecule is Cc1cc(O)ccc1C[C@H](NC(=O)C(CC(C)C)C(C)S)C(=O)OC(N)=O. The van der Waals surface area contributed by atoms with Crippen molar-refractivity contribution in [2.45, 2.75) is 51.8 Å². The molecule has 0 bridgehead atoms. The summed E-state index contributed by atoms with van der Waals surface area (Å²) in [5, 5.41) is 12.0. The van der Waals surface area contributed by atoms with Gasteiger partial charge in [-0.3, -0.25) is 4.79 Å².